The van der Waals surface area contributed by atoms with Crippen LogP contribution in [0.5, 0.6) is 5.75 Å². The van der Waals surface area contributed by atoms with Crippen molar-refractivity contribution in [2.45, 2.75) is 31.8 Å². The van der Waals surface area contributed by atoms with E-state index in [0.29, 0.717) is 18.4 Å². The molecule has 3 rings (SSSR count). The van der Waals surface area contributed by atoms with Gasteiger partial charge in [-0.2, -0.15) is 0 Å². The lowest BCUT2D eigenvalue weighted by Crippen LogP contribution is -2.34. The molecule has 1 saturated carbocycles. The zero-order chi connectivity index (χ0) is 13.1. The van der Waals surface area contributed by atoms with Crippen molar-refractivity contribution in [3.05, 3.63) is 29.8 Å². The Kier molecular flexibility index (Phi) is 4.04. The summed E-state index contributed by atoms with van der Waals surface area (Å²) in [5.41, 5.74) is 1.32. The maximum absolute atomic E-state index is 9.31. The van der Waals surface area contributed by atoms with Gasteiger partial charge in [-0.25, -0.2) is 0 Å². The number of benzene rings is 1. The highest BCUT2D eigenvalue weighted by Crippen LogP contribution is 2.31. The van der Waals surface area contributed by atoms with Crippen LogP contribution in [-0.2, 0) is 6.42 Å². The number of nitrogens with one attached hydrogen (secondary N) is 1. The molecule has 0 saturated heterocycles. The molecule has 19 heavy (non-hydrogen) atoms. The molecule has 0 radical (unpaired) electrons. The summed E-state index contributed by atoms with van der Waals surface area (Å²) in [4.78, 5) is 0. The van der Waals surface area contributed by atoms with Crippen molar-refractivity contribution in [2.24, 2.45) is 11.8 Å². The smallest absolute Gasteiger partial charge is 0.123 e. The van der Waals surface area contributed by atoms with Gasteiger partial charge in [0.1, 0.15) is 11.9 Å². The minimum Gasteiger partial charge on any atom is -0.488 e. The first-order valence-electron chi connectivity index (χ1n) is 7.43. The third kappa shape index (κ3) is 2.93. The Morgan fingerprint density at radius 3 is 2.84 bits per heavy atom. The minimum absolute atomic E-state index is 0.270. The highest BCUT2D eigenvalue weighted by molar-refractivity contribution is 5.37. The molecule has 3 nitrogen and oxygen atoms in total. The van der Waals surface area contributed by atoms with Crippen molar-refractivity contribution in [3.63, 3.8) is 0 Å². The molecule has 0 amide bonds. The average Bonchev–Trinajstić information content (AvgIpc) is 3.04. The molecule has 0 spiro atoms. The highest BCUT2D eigenvalue weighted by atomic mass is 16.5. The molecule has 0 aromatic heterocycles. The molecule has 3 atom stereocenters. The van der Waals surface area contributed by atoms with E-state index in [1.54, 1.807) is 0 Å². The Hall–Kier alpha value is -1.06. The van der Waals surface area contributed by atoms with Gasteiger partial charge in [-0.3, -0.25) is 0 Å². The van der Waals surface area contributed by atoms with Crippen LogP contribution in [-0.4, -0.2) is 30.9 Å². The van der Waals surface area contributed by atoms with E-state index in [9.17, 15) is 5.11 Å². The van der Waals surface area contributed by atoms with E-state index in [4.69, 9.17) is 4.74 Å². The molecule has 104 valence electrons. The van der Waals surface area contributed by atoms with Gasteiger partial charge >= 0.3 is 0 Å². The van der Waals surface area contributed by atoms with Gasteiger partial charge < -0.3 is 15.2 Å². The summed E-state index contributed by atoms with van der Waals surface area (Å²) >= 11 is 0. The van der Waals surface area contributed by atoms with E-state index in [-0.39, 0.29) is 6.10 Å². The number of hydrogen-bond acceptors (Lipinski definition) is 3. The predicted molar refractivity (Wildman–Crippen MR) is 75.3 cm³/mol. The van der Waals surface area contributed by atoms with Crippen molar-refractivity contribution in [1.82, 2.24) is 5.32 Å². The number of hydrogen-bond donors (Lipinski definition) is 2. The topological polar surface area (TPSA) is 41.5 Å². The quantitative estimate of drug-likeness (QED) is 0.851. The van der Waals surface area contributed by atoms with Crippen molar-refractivity contribution in [1.29, 1.82) is 0 Å². The van der Waals surface area contributed by atoms with Crippen LogP contribution in [0.2, 0.25) is 0 Å². The van der Waals surface area contributed by atoms with Crippen LogP contribution < -0.4 is 10.1 Å². The van der Waals surface area contributed by atoms with Crippen LogP contribution in [0.25, 0.3) is 0 Å². The van der Waals surface area contributed by atoms with Gasteiger partial charge in [0.25, 0.3) is 0 Å². The molecule has 1 fully saturated rings. The predicted octanol–water partition coefficient (Wildman–Crippen LogP) is 1.99. The standard InChI is InChI=1S/C16H23NO2/c18-11-14-6-3-5-13(14)9-17-10-15-8-12-4-1-2-7-16(12)19-15/h1-2,4,7,13-15,17-18H,3,5-6,8-11H2. The largest absolute Gasteiger partial charge is 0.488 e. The first-order chi connectivity index (χ1) is 9.36. The van der Waals surface area contributed by atoms with E-state index in [1.807, 2.05) is 12.1 Å². The molecule has 3 unspecified atom stereocenters. The fourth-order valence-electron chi connectivity index (χ4n) is 3.42. The van der Waals surface area contributed by atoms with Crippen LogP contribution in [0.15, 0.2) is 24.3 Å². The molecule has 1 heterocycles. The molecule has 0 bridgehead atoms. The minimum atomic E-state index is 0.270. The number of aliphatic hydroxyl groups excluding tert-OH is 1. The number of ether oxygens (including phenoxy) is 1. The van der Waals surface area contributed by atoms with Crippen molar-refractivity contribution in [2.75, 3.05) is 19.7 Å². The Bertz CT molecular complexity index is 396. The highest BCUT2D eigenvalue weighted by Gasteiger charge is 2.27. The summed E-state index contributed by atoms with van der Waals surface area (Å²) in [5, 5.41) is 12.8. The number of rotatable bonds is 5. The molecule has 1 aromatic carbocycles. The van der Waals surface area contributed by atoms with E-state index < -0.39 is 0 Å². The fraction of sp³-hybridized carbons (Fsp3) is 0.625. The first kappa shape index (κ1) is 12.9. The number of fused-ring (bicyclic) bond motifs is 1. The number of aliphatic hydroxyl groups is 1. The van der Waals surface area contributed by atoms with Crippen LogP contribution >= 0.6 is 0 Å². The Labute approximate surface area is 115 Å². The molecule has 1 aliphatic heterocycles. The molecule has 2 aliphatic rings. The van der Waals surface area contributed by atoms with Crippen LogP contribution in [0, 0.1) is 11.8 Å². The normalized spacial score (nSPS) is 29.2. The van der Waals surface area contributed by atoms with Crippen LogP contribution in [0.4, 0.5) is 0 Å². The van der Waals surface area contributed by atoms with E-state index in [1.165, 1.54) is 24.8 Å². The summed E-state index contributed by atoms with van der Waals surface area (Å²) in [6.45, 7) is 2.27. The summed E-state index contributed by atoms with van der Waals surface area (Å²) in [6, 6.07) is 8.30. The Morgan fingerprint density at radius 2 is 2.00 bits per heavy atom. The van der Waals surface area contributed by atoms with E-state index >= 15 is 0 Å². The van der Waals surface area contributed by atoms with Crippen molar-refractivity contribution < 1.29 is 9.84 Å². The molecule has 3 heteroatoms. The number of para-hydroxylation sites is 1. The lowest BCUT2D eigenvalue weighted by atomic mass is 9.97. The Balaban J connectivity index is 1.42. The lowest BCUT2D eigenvalue weighted by molar-refractivity contribution is 0.185. The second kappa shape index (κ2) is 5.93. The second-order valence-electron chi connectivity index (χ2n) is 5.84. The maximum atomic E-state index is 9.31. The van der Waals surface area contributed by atoms with Crippen LogP contribution in [0.1, 0.15) is 24.8 Å². The van der Waals surface area contributed by atoms with Crippen molar-refractivity contribution in [3.8, 4) is 5.75 Å². The molecular weight excluding hydrogens is 238 g/mol. The zero-order valence-corrected chi connectivity index (χ0v) is 11.3. The third-order valence-corrected chi connectivity index (χ3v) is 4.54. The van der Waals surface area contributed by atoms with Gasteiger partial charge in [0.2, 0.25) is 0 Å². The average molecular weight is 261 g/mol. The summed E-state index contributed by atoms with van der Waals surface area (Å²) in [5.74, 6) is 2.20. The van der Waals surface area contributed by atoms with E-state index in [2.05, 4.69) is 17.4 Å². The lowest BCUT2D eigenvalue weighted by Gasteiger charge is -2.19. The van der Waals surface area contributed by atoms with Crippen molar-refractivity contribution >= 4 is 0 Å². The van der Waals surface area contributed by atoms with Gasteiger partial charge in [-0.15, -0.1) is 0 Å². The van der Waals surface area contributed by atoms with Gasteiger partial charge in [0.15, 0.2) is 0 Å². The molecule has 1 aliphatic carbocycles. The molecule has 2 N–H and O–H groups in total. The van der Waals surface area contributed by atoms with Gasteiger partial charge in [-0.05, 0) is 42.9 Å². The molecule has 1 aromatic rings. The fourth-order valence-corrected chi connectivity index (χ4v) is 3.42. The summed E-state index contributed by atoms with van der Waals surface area (Å²) < 4.78 is 5.91. The first-order valence-corrected chi connectivity index (χ1v) is 7.43. The SMILES string of the molecule is OCC1CCCC1CNCC1Cc2ccccc2O1. The zero-order valence-electron chi connectivity index (χ0n) is 11.3. The summed E-state index contributed by atoms with van der Waals surface area (Å²) in [6.07, 6.45) is 4.99. The monoisotopic (exact) mass is 261 g/mol. The van der Waals surface area contributed by atoms with E-state index in [0.717, 1.165) is 25.3 Å². The summed E-state index contributed by atoms with van der Waals surface area (Å²) in [7, 11) is 0. The van der Waals surface area contributed by atoms with Crippen LogP contribution in [0.3, 0.4) is 0 Å². The van der Waals surface area contributed by atoms with Gasteiger partial charge in [-0.1, -0.05) is 24.6 Å². The molecular formula is C16H23NO2. The second-order valence-corrected chi connectivity index (χ2v) is 5.84. The Morgan fingerprint density at radius 1 is 1.16 bits per heavy atom. The maximum Gasteiger partial charge on any atom is 0.123 e. The van der Waals surface area contributed by atoms with Gasteiger partial charge in [0, 0.05) is 19.6 Å². The van der Waals surface area contributed by atoms with Gasteiger partial charge in [0.05, 0.1) is 0 Å². The third-order valence-electron chi connectivity index (χ3n) is 4.54.